The first kappa shape index (κ1) is 15.1. The van der Waals surface area contributed by atoms with Crippen LogP contribution in [0.1, 0.15) is 21.5 Å². The zero-order valence-electron chi connectivity index (χ0n) is 11.3. The van der Waals surface area contributed by atoms with Crippen LogP contribution in [0.3, 0.4) is 0 Å². The van der Waals surface area contributed by atoms with Gasteiger partial charge in [0.15, 0.2) is 5.84 Å². The normalized spacial score (nSPS) is 11.2. The Labute approximate surface area is 130 Å². The summed E-state index contributed by atoms with van der Waals surface area (Å²) in [4.78, 5) is 12.2. The summed E-state index contributed by atoms with van der Waals surface area (Å²) in [5.74, 6) is -0.236. The van der Waals surface area contributed by atoms with Crippen LogP contribution >= 0.6 is 15.9 Å². The summed E-state index contributed by atoms with van der Waals surface area (Å²) in [5.41, 5.74) is 8.16. The number of nitrogens with two attached hydrogens (primary N) is 1. The molecule has 0 aliphatic carbocycles. The molecule has 0 bridgehead atoms. The van der Waals surface area contributed by atoms with Crippen molar-refractivity contribution in [1.82, 2.24) is 0 Å². The predicted molar refractivity (Wildman–Crippen MR) is 85.8 cm³/mol. The van der Waals surface area contributed by atoms with Gasteiger partial charge in [-0.25, -0.2) is 0 Å². The maximum Gasteiger partial charge on any atom is 0.255 e. The Morgan fingerprint density at radius 3 is 2.67 bits per heavy atom. The Balaban J connectivity index is 2.23. The fourth-order valence-corrected chi connectivity index (χ4v) is 2.49. The van der Waals surface area contributed by atoms with E-state index in [2.05, 4.69) is 26.4 Å². The second-order valence-corrected chi connectivity index (χ2v) is 5.45. The summed E-state index contributed by atoms with van der Waals surface area (Å²) in [5, 5.41) is 14.4. The third-order valence-electron chi connectivity index (χ3n) is 2.83. The highest BCUT2D eigenvalue weighted by Gasteiger charge is 2.08. The number of carbonyl (C=O) groups is 1. The third-order valence-corrected chi connectivity index (χ3v) is 3.29. The van der Waals surface area contributed by atoms with E-state index in [1.54, 1.807) is 36.4 Å². The smallest absolute Gasteiger partial charge is 0.255 e. The summed E-state index contributed by atoms with van der Waals surface area (Å²) in [6.45, 7) is 1.92. The van der Waals surface area contributed by atoms with E-state index in [1.807, 2.05) is 13.0 Å². The van der Waals surface area contributed by atoms with Crippen molar-refractivity contribution >= 4 is 33.4 Å². The van der Waals surface area contributed by atoms with E-state index in [1.165, 1.54) is 0 Å². The topological polar surface area (TPSA) is 87.7 Å². The number of nitrogens with one attached hydrogen (secondary N) is 1. The number of nitrogens with zero attached hydrogens (tertiary/aromatic N) is 1. The molecule has 6 heteroatoms. The maximum absolute atomic E-state index is 12.2. The van der Waals surface area contributed by atoms with Gasteiger partial charge in [0, 0.05) is 21.3 Å². The number of aryl methyl sites for hydroxylation is 1. The van der Waals surface area contributed by atoms with Gasteiger partial charge >= 0.3 is 0 Å². The Kier molecular flexibility index (Phi) is 4.59. The summed E-state index contributed by atoms with van der Waals surface area (Å²) in [6.07, 6.45) is 0. The third kappa shape index (κ3) is 3.82. The van der Waals surface area contributed by atoms with Crippen molar-refractivity contribution in [3.8, 4) is 0 Å². The molecule has 0 saturated heterocycles. The van der Waals surface area contributed by atoms with E-state index in [0.29, 0.717) is 16.8 Å². The Hall–Kier alpha value is -2.34. The van der Waals surface area contributed by atoms with E-state index in [0.717, 1.165) is 10.0 Å². The Morgan fingerprint density at radius 1 is 1.24 bits per heavy atom. The second kappa shape index (κ2) is 6.41. The molecule has 2 aromatic rings. The van der Waals surface area contributed by atoms with Crippen LogP contribution in [0.25, 0.3) is 0 Å². The second-order valence-electron chi connectivity index (χ2n) is 4.54. The largest absolute Gasteiger partial charge is 0.409 e. The van der Waals surface area contributed by atoms with Gasteiger partial charge in [-0.05, 0) is 42.8 Å². The van der Waals surface area contributed by atoms with E-state index in [-0.39, 0.29) is 11.7 Å². The van der Waals surface area contributed by atoms with E-state index >= 15 is 0 Å². The Bertz CT molecular complexity index is 694. The highest BCUT2D eigenvalue weighted by atomic mass is 79.9. The van der Waals surface area contributed by atoms with Gasteiger partial charge in [0.25, 0.3) is 5.91 Å². The van der Waals surface area contributed by atoms with Crippen molar-refractivity contribution in [1.29, 1.82) is 0 Å². The molecule has 0 aliphatic heterocycles. The van der Waals surface area contributed by atoms with Crippen LogP contribution in [0.5, 0.6) is 0 Å². The number of anilines is 1. The highest BCUT2D eigenvalue weighted by Crippen LogP contribution is 2.17. The number of hydrogen-bond acceptors (Lipinski definition) is 3. The number of amides is 1. The van der Waals surface area contributed by atoms with Crippen LogP contribution in [0, 0.1) is 6.92 Å². The first-order chi connectivity index (χ1) is 9.99. The lowest BCUT2D eigenvalue weighted by atomic mass is 10.1. The van der Waals surface area contributed by atoms with Gasteiger partial charge in [-0.15, -0.1) is 0 Å². The van der Waals surface area contributed by atoms with Crippen molar-refractivity contribution in [3.05, 3.63) is 63.6 Å². The minimum absolute atomic E-state index is 0.00982. The minimum atomic E-state index is -0.226. The zero-order chi connectivity index (χ0) is 15.4. The molecule has 2 aromatic carbocycles. The number of hydrogen-bond donors (Lipinski definition) is 3. The summed E-state index contributed by atoms with van der Waals surface area (Å²) in [7, 11) is 0. The monoisotopic (exact) mass is 347 g/mol. The summed E-state index contributed by atoms with van der Waals surface area (Å²) >= 11 is 3.37. The van der Waals surface area contributed by atoms with Crippen molar-refractivity contribution < 1.29 is 10.0 Å². The molecule has 0 heterocycles. The lowest BCUT2D eigenvalue weighted by Crippen LogP contribution is -2.15. The quantitative estimate of drug-likeness (QED) is 0.345. The lowest BCUT2D eigenvalue weighted by molar-refractivity contribution is 0.102. The van der Waals surface area contributed by atoms with Crippen LogP contribution in [0.2, 0.25) is 0 Å². The first-order valence-electron chi connectivity index (χ1n) is 6.16. The van der Waals surface area contributed by atoms with Gasteiger partial charge < -0.3 is 16.3 Å². The number of amidine groups is 1. The van der Waals surface area contributed by atoms with Crippen molar-refractivity contribution in [2.45, 2.75) is 6.92 Å². The number of rotatable bonds is 3. The van der Waals surface area contributed by atoms with Gasteiger partial charge in [0.2, 0.25) is 0 Å². The molecule has 108 valence electrons. The molecule has 2 rings (SSSR count). The number of oxime groups is 1. The van der Waals surface area contributed by atoms with Gasteiger partial charge in [0.05, 0.1) is 0 Å². The number of benzene rings is 2. The fourth-order valence-electron chi connectivity index (χ4n) is 1.88. The minimum Gasteiger partial charge on any atom is -0.409 e. The molecule has 4 N–H and O–H groups in total. The van der Waals surface area contributed by atoms with Gasteiger partial charge in [-0.3, -0.25) is 4.79 Å². The van der Waals surface area contributed by atoms with E-state index < -0.39 is 0 Å². The zero-order valence-corrected chi connectivity index (χ0v) is 12.9. The van der Waals surface area contributed by atoms with E-state index in [9.17, 15) is 4.79 Å². The highest BCUT2D eigenvalue weighted by molar-refractivity contribution is 9.10. The van der Waals surface area contributed by atoms with Crippen LogP contribution in [-0.4, -0.2) is 17.0 Å². The van der Waals surface area contributed by atoms with Crippen LogP contribution in [0.15, 0.2) is 52.1 Å². The average molecular weight is 348 g/mol. The van der Waals surface area contributed by atoms with E-state index in [4.69, 9.17) is 10.9 Å². The standard InChI is InChI=1S/C15H14BrN3O2/c1-9-5-11(7-12(16)6-9)15(20)18-13-4-2-3-10(8-13)14(17)19-21/h2-8,21H,1H3,(H2,17,19)(H,18,20). The van der Waals surface area contributed by atoms with Gasteiger partial charge in [-0.2, -0.15) is 0 Å². The molecule has 0 atom stereocenters. The van der Waals surface area contributed by atoms with Crippen LogP contribution in [0.4, 0.5) is 5.69 Å². The Morgan fingerprint density at radius 2 is 2.00 bits per heavy atom. The molecule has 0 saturated carbocycles. The number of carbonyl (C=O) groups excluding carboxylic acids is 1. The van der Waals surface area contributed by atoms with Gasteiger partial charge in [-0.1, -0.05) is 33.2 Å². The predicted octanol–water partition coefficient (Wildman–Crippen LogP) is 3.10. The molecule has 0 fully saturated rings. The SMILES string of the molecule is Cc1cc(Br)cc(C(=O)Nc2cccc(/C(N)=N/O)c2)c1. The molecule has 1 amide bonds. The fraction of sp³-hybridized carbons (Fsp3) is 0.0667. The molecule has 0 radical (unpaired) electrons. The molecular formula is C15H14BrN3O2. The lowest BCUT2D eigenvalue weighted by Gasteiger charge is -2.08. The first-order valence-corrected chi connectivity index (χ1v) is 6.95. The molecule has 0 aromatic heterocycles. The molecule has 0 aliphatic rings. The average Bonchev–Trinajstić information content (AvgIpc) is 2.45. The summed E-state index contributed by atoms with van der Waals surface area (Å²) in [6, 6.07) is 12.2. The van der Waals surface area contributed by atoms with Crippen molar-refractivity contribution in [2.24, 2.45) is 10.9 Å². The van der Waals surface area contributed by atoms with Crippen LogP contribution in [-0.2, 0) is 0 Å². The molecule has 0 unspecified atom stereocenters. The molecule has 5 nitrogen and oxygen atoms in total. The summed E-state index contributed by atoms with van der Waals surface area (Å²) < 4.78 is 0.845. The molecular weight excluding hydrogens is 334 g/mol. The maximum atomic E-state index is 12.2. The van der Waals surface area contributed by atoms with Crippen molar-refractivity contribution in [3.63, 3.8) is 0 Å². The van der Waals surface area contributed by atoms with Gasteiger partial charge in [0.1, 0.15) is 0 Å². The van der Waals surface area contributed by atoms with Crippen LogP contribution < -0.4 is 11.1 Å². The molecule has 0 spiro atoms. The van der Waals surface area contributed by atoms with Crippen molar-refractivity contribution in [2.75, 3.05) is 5.32 Å². The number of halogens is 1. The molecule has 21 heavy (non-hydrogen) atoms.